The number of aromatic nitrogens is 5. The van der Waals surface area contributed by atoms with E-state index in [1.54, 1.807) is 4.68 Å². The quantitative estimate of drug-likeness (QED) is 0.347. The molecule has 2 aromatic heterocycles. The molecule has 7 nitrogen and oxygen atoms in total. The number of tetrazole rings is 1. The highest BCUT2D eigenvalue weighted by atomic mass is 16.1. The van der Waals surface area contributed by atoms with Crippen LogP contribution < -0.4 is 5.56 Å². The molecule has 0 aliphatic heterocycles. The zero-order valence-corrected chi connectivity index (χ0v) is 20.8. The molecule has 0 fully saturated rings. The van der Waals surface area contributed by atoms with Gasteiger partial charge in [-0.2, -0.15) is 0 Å². The SMILES string of the molecule is CCN(Cc1ccccc1)C(c1cc2ccc(C)c(C)c2[nH]c1=O)c1nnnn1Cc1ccccc1. The molecule has 0 bridgehead atoms. The molecule has 1 atom stereocenters. The molecule has 1 N–H and O–H groups in total. The van der Waals surface area contributed by atoms with E-state index < -0.39 is 6.04 Å². The fourth-order valence-corrected chi connectivity index (χ4v) is 4.72. The van der Waals surface area contributed by atoms with Gasteiger partial charge in [0, 0.05) is 12.1 Å². The number of aryl methyl sites for hydroxylation is 2. The van der Waals surface area contributed by atoms with Gasteiger partial charge >= 0.3 is 0 Å². The zero-order chi connectivity index (χ0) is 25.1. The molecule has 0 radical (unpaired) electrons. The number of nitrogens with zero attached hydrogens (tertiary/aromatic N) is 5. The van der Waals surface area contributed by atoms with Crippen LogP contribution in [0.1, 0.15) is 46.6 Å². The van der Waals surface area contributed by atoms with Crippen LogP contribution in [0.2, 0.25) is 0 Å². The minimum absolute atomic E-state index is 0.123. The number of rotatable bonds is 8. The Hall–Kier alpha value is -4.10. The van der Waals surface area contributed by atoms with E-state index in [4.69, 9.17) is 0 Å². The van der Waals surface area contributed by atoms with Crippen LogP contribution in [0.4, 0.5) is 0 Å². The summed E-state index contributed by atoms with van der Waals surface area (Å²) in [5, 5.41) is 13.8. The van der Waals surface area contributed by atoms with E-state index in [-0.39, 0.29) is 5.56 Å². The summed E-state index contributed by atoms with van der Waals surface area (Å²) < 4.78 is 1.80. The Balaban J connectivity index is 1.66. The maximum atomic E-state index is 13.6. The Morgan fingerprint density at radius 3 is 2.33 bits per heavy atom. The van der Waals surface area contributed by atoms with Gasteiger partial charge in [0.1, 0.15) is 6.04 Å². The van der Waals surface area contributed by atoms with Crippen LogP contribution in [0, 0.1) is 13.8 Å². The maximum Gasteiger partial charge on any atom is 0.253 e. The lowest BCUT2D eigenvalue weighted by Gasteiger charge is -2.30. The van der Waals surface area contributed by atoms with E-state index in [1.165, 1.54) is 0 Å². The van der Waals surface area contributed by atoms with Crippen LogP contribution >= 0.6 is 0 Å². The first kappa shape index (κ1) is 23.6. The van der Waals surface area contributed by atoms with E-state index in [9.17, 15) is 4.79 Å². The molecule has 0 aliphatic rings. The summed E-state index contributed by atoms with van der Waals surface area (Å²) >= 11 is 0. The highest BCUT2D eigenvalue weighted by molar-refractivity contribution is 5.83. The van der Waals surface area contributed by atoms with Crippen molar-refractivity contribution in [3.05, 3.63) is 123 Å². The Labute approximate surface area is 210 Å². The van der Waals surface area contributed by atoms with Gasteiger partial charge in [0.2, 0.25) is 0 Å². The number of hydrogen-bond donors (Lipinski definition) is 1. The van der Waals surface area contributed by atoms with Gasteiger partial charge in [-0.15, -0.1) is 5.10 Å². The third-order valence-electron chi connectivity index (χ3n) is 6.85. The van der Waals surface area contributed by atoms with Crippen molar-refractivity contribution in [2.75, 3.05) is 6.54 Å². The monoisotopic (exact) mass is 478 g/mol. The molecule has 0 aliphatic carbocycles. The highest BCUT2D eigenvalue weighted by Gasteiger charge is 2.30. The number of hydrogen-bond acceptors (Lipinski definition) is 5. The van der Waals surface area contributed by atoms with Crippen LogP contribution in [0.3, 0.4) is 0 Å². The molecular formula is C29H30N6O. The standard InChI is InChI=1S/C29H30N6O/c1-4-34(18-22-11-7-5-8-12-22)27(28-31-32-33-35(28)19-23-13-9-6-10-14-23)25-17-24-16-15-20(2)21(3)26(24)30-29(25)36/h5-17,27H,4,18-19H2,1-3H3,(H,30,36). The second kappa shape index (κ2) is 10.3. The lowest BCUT2D eigenvalue weighted by atomic mass is 9.99. The molecule has 7 heteroatoms. The first-order valence-corrected chi connectivity index (χ1v) is 12.3. The second-order valence-corrected chi connectivity index (χ2v) is 9.16. The molecule has 2 heterocycles. The fraction of sp³-hybridized carbons (Fsp3) is 0.241. The van der Waals surface area contributed by atoms with Gasteiger partial charge < -0.3 is 4.98 Å². The van der Waals surface area contributed by atoms with Gasteiger partial charge in [-0.3, -0.25) is 9.69 Å². The highest BCUT2D eigenvalue weighted by Crippen LogP contribution is 2.29. The van der Waals surface area contributed by atoms with Gasteiger partial charge in [0.15, 0.2) is 5.82 Å². The van der Waals surface area contributed by atoms with Gasteiger partial charge in [-0.25, -0.2) is 4.68 Å². The molecule has 1 unspecified atom stereocenters. The first-order chi connectivity index (χ1) is 17.5. The maximum absolute atomic E-state index is 13.6. The minimum Gasteiger partial charge on any atom is -0.321 e. The number of aromatic amines is 1. The Bertz CT molecular complexity index is 1520. The number of benzene rings is 3. The van der Waals surface area contributed by atoms with Crippen LogP contribution in [0.15, 0.2) is 83.7 Å². The summed E-state index contributed by atoms with van der Waals surface area (Å²) in [7, 11) is 0. The first-order valence-electron chi connectivity index (χ1n) is 12.3. The van der Waals surface area contributed by atoms with Crippen molar-refractivity contribution in [2.24, 2.45) is 0 Å². The van der Waals surface area contributed by atoms with Gasteiger partial charge in [0.05, 0.1) is 12.1 Å². The summed E-state index contributed by atoms with van der Waals surface area (Å²) in [4.78, 5) is 19.0. The van der Waals surface area contributed by atoms with E-state index in [1.807, 2.05) is 49.4 Å². The van der Waals surface area contributed by atoms with Crippen LogP contribution in [-0.4, -0.2) is 36.6 Å². The molecule has 0 spiro atoms. The molecule has 36 heavy (non-hydrogen) atoms. The number of fused-ring (bicyclic) bond motifs is 1. The summed E-state index contributed by atoms with van der Waals surface area (Å²) in [5.74, 6) is 0.644. The average Bonchev–Trinajstić information content (AvgIpc) is 3.35. The molecule has 5 rings (SSSR count). The van der Waals surface area contributed by atoms with E-state index in [2.05, 4.69) is 75.7 Å². The summed E-state index contributed by atoms with van der Waals surface area (Å²) in [6.45, 7) is 8.09. The largest absolute Gasteiger partial charge is 0.321 e. The average molecular weight is 479 g/mol. The molecule has 182 valence electrons. The predicted molar refractivity (Wildman–Crippen MR) is 142 cm³/mol. The van der Waals surface area contributed by atoms with Gasteiger partial charge in [0.25, 0.3) is 5.56 Å². The van der Waals surface area contributed by atoms with Gasteiger partial charge in [-0.05, 0) is 64.5 Å². The number of H-pyrrole nitrogens is 1. The van der Waals surface area contributed by atoms with Crippen molar-refractivity contribution in [2.45, 2.75) is 39.9 Å². The molecule has 5 aromatic rings. The molecule has 0 saturated heterocycles. The summed E-state index contributed by atoms with van der Waals surface area (Å²) in [6.07, 6.45) is 0. The van der Waals surface area contributed by atoms with E-state index >= 15 is 0 Å². The van der Waals surface area contributed by atoms with Crippen LogP contribution in [0.5, 0.6) is 0 Å². The van der Waals surface area contributed by atoms with Crippen molar-refractivity contribution < 1.29 is 0 Å². The van der Waals surface area contributed by atoms with Crippen LogP contribution in [0.25, 0.3) is 10.9 Å². The normalized spacial score (nSPS) is 12.3. The van der Waals surface area contributed by atoms with Crippen molar-refractivity contribution >= 4 is 10.9 Å². The molecular weight excluding hydrogens is 448 g/mol. The lowest BCUT2D eigenvalue weighted by Crippen LogP contribution is -2.35. The smallest absolute Gasteiger partial charge is 0.253 e. The second-order valence-electron chi connectivity index (χ2n) is 9.16. The topological polar surface area (TPSA) is 79.7 Å². The minimum atomic E-state index is -0.427. The van der Waals surface area contributed by atoms with E-state index in [0.717, 1.165) is 33.2 Å². The summed E-state index contributed by atoms with van der Waals surface area (Å²) in [5.41, 5.74) is 5.86. The number of nitrogens with one attached hydrogen (secondary N) is 1. The summed E-state index contributed by atoms with van der Waals surface area (Å²) in [6, 6.07) is 26.1. The van der Waals surface area contributed by atoms with Crippen molar-refractivity contribution in [3.8, 4) is 0 Å². The Morgan fingerprint density at radius 1 is 0.944 bits per heavy atom. The van der Waals surface area contributed by atoms with Gasteiger partial charge in [-0.1, -0.05) is 79.7 Å². The van der Waals surface area contributed by atoms with Crippen molar-refractivity contribution in [1.29, 1.82) is 0 Å². The number of pyridine rings is 1. The van der Waals surface area contributed by atoms with E-state index in [0.29, 0.717) is 31.0 Å². The predicted octanol–water partition coefficient (Wildman–Crippen LogP) is 4.79. The zero-order valence-electron chi connectivity index (χ0n) is 20.8. The third kappa shape index (κ3) is 4.70. The van der Waals surface area contributed by atoms with Crippen molar-refractivity contribution in [3.63, 3.8) is 0 Å². The molecule has 0 amide bonds. The Morgan fingerprint density at radius 2 is 1.64 bits per heavy atom. The fourth-order valence-electron chi connectivity index (χ4n) is 4.72. The third-order valence-corrected chi connectivity index (χ3v) is 6.85. The molecule has 3 aromatic carbocycles. The van der Waals surface area contributed by atoms with Crippen LogP contribution in [-0.2, 0) is 13.1 Å². The van der Waals surface area contributed by atoms with Crippen molar-refractivity contribution in [1.82, 2.24) is 30.1 Å². The molecule has 0 saturated carbocycles. The Kier molecular flexibility index (Phi) is 6.73. The lowest BCUT2D eigenvalue weighted by molar-refractivity contribution is 0.214.